The Bertz CT molecular complexity index is 2470. The van der Waals surface area contributed by atoms with Crippen LogP contribution in [0.1, 0.15) is 193 Å². The molecular weight excluding hydrogens is 1070 g/mol. The molecule has 0 aromatic carbocycles. The van der Waals surface area contributed by atoms with Gasteiger partial charge in [0.1, 0.15) is 0 Å². The minimum absolute atomic E-state index is 0.00483. The number of hydrogen-bond donors (Lipinski definition) is 16. The molecule has 18 rings (SSSR count). The van der Waals surface area contributed by atoms with Crippen LogP contribution in [0.25, 0.3) is 0 Å². The SMILES string of the molecule is O=S(=O)(OC1CCCC2C3NC4NC(NC5NC(NC6NC(NC(N3)C12)C1CCCCC61)C1CCCCC51)C1CCCCC41)C1CCCC2C3NC4NC(NC5NC(NC6NC(NC(N3)C21)C1CCCCC61)C1CCCCC51)C1CCCCC41. The van der Waals surface area contributed by atoms with Crippen molar-refractivity contribution in [2.75, 3.05) is 0 Å². The van der Waals surface area contributed by atoms with Gasteiger partial charge in [0.2, 0.25) is 0 Å². The van der Waals surface area contributed by atoms with E-state index < -0.39 is 21.5 Å². The topological polar surface area (TPSA) is 236 Å². The van der Waals surface area contributed by atoms with Gasteiger partial charge >= 0.3 is 0 Å². The third-order valence-electron chi connectivity index (χ3n) is 28.3. The van der Waals surface area contributed by atoms with E-state index in [2.05, 4.69) is 85.1 Å². The Hall–Kier alpha value is -0.730. The van der Waals surface area contributed by atoms with Crippen molar-refractivity contribution in [3.05, 3.63) is 0 Å². The molecule has 10 saturated heterocycles. The summed E-state index contributed by atoms with van der Waals surface area (Å²) in [6.07, 6.45) is 38.2. The summed E-state index contributed by atoms with van der Waals surface area (Å²) < 4.78 is 39.4. The van der Waals surface area contributed by atoms with Crippen molar-refractivity contribution >= 4 is 10.1 Å². The minimum atomic E-state index is -4.04. The first-order valence-corrected chi connectivity index (χ1v) is 37.9. The monoisotopic (exact) mass is 1180 g/mol. The van der Waals surface area contributed by atoms with E-state index >= 15 is 8.42 Å². The van der Waals surface area contributed by atoms with Crippen molar-refractivity contribution in [1.82, 2.24) is 85.1 Å². The summed E-state index contributed by atoms with van der Waals surface area (Å²) in [4.78, 5) is 0. The smallest absolute Gasteiger partial charge is 0.270 e. The van der Waals surface area contributed by atoms with E-state index in [9.17, 15) is 0 Å². The summed E-state index contributed by atoms with van der Waals surface area (Å²) in [5.74, 6) is 7.18. The van der Waals surface area contributed by atoms with Crippen LogP contribution < -0.4 is 85.1 Å². The molecule has 16 bridgehead atoms. The van der Waals surface area contributed by atoms with E-state index in [1.54, 1.807) is 0 Å². The molecule has 20 heteroatoms. The molecular formula is C64H110N16O3S. The molecule has 0 radical (unpaired) electrons. The molecule has 34 unspecified atom stereocenters. The second kappa shape index (κ2) is 22.8. The number of fused-ring (bicyclic) bond motifs is 40. The fourth-order valence-electron chi connectivity index (χ4n) is 24.7. The first-order valence-electron chi connectivity index (χ1n) is 36.4. The highest BCUT2D eigenvalue weighted by molar-refractivity contribution is 7.87. The highest BCUT2D eigenvalue weighted by Crippen LogP contribution is 2.51. The zero-order chi connectivity index (χ0) is 55.4. The number of nitrogens with one attached hydrogen (secondary N) is 16. The zero-order valence-electron chi connectivity index (χ0n) is 50.5. The maximum Gasteiger partial charge on any atom is 0.270 e. The molecule has 19 nitrogen and oxygen atoms in total. The van der Waals surface area contributed by atoms with Crippen LogP contribution in [-0.4, -0.2) is 118 Å². The normalized spacial score (nSPS) is 57.6. The van der Waals surface area contributed by atoms with E-state index in [1.807, 2.05) is 0 Å². The van der Waals surface area contributed by atoms with Crippen LogP contribution in [0.3, 0.4) is 0 Å². The Labute approximate surface area is 502 Å². The molecule has 18 fully saturated rings. The van der Waals surface area contributed by atoms with E-state index in [-0.39, 0.29) is 110 Å². The van der Waals surface area contributed by atoms with Gasteiger partial charge in [-0.05, 0) is 186 Å². The predicted octanol–water partition coefficient (Wildman–Crippen LogP) is 3.53. The Morgan fingerprint density at radius 1 is 0.202 bits per heavy atom. The van der Waals surface area contributed by atoms with Crippen molar-refractivity contribution in [3.8, 4) is 0 Å². The van der Waals surface area contributed by atoms with Crippen molar-refractivity contribution < 1.29 is 12.6 Å². The Morgan fingerprint density at radius 2 is 0.393 bits per heavy atom. The molecule has 8 saturated carbocycles. The molecule has 0 aromatic rings. The average Bonchev–Trinajstić information content (AvgIpc) is 4.10. The molecule has 0 spiro atoms. The van der Waals surface area contributed by atoms with E-state index in [4.69, 9.17) is 4.18 Å². The lowest BCUT2D eigenvalue weighted by molar-refractivity contribution is 0.0435. The Balaban J connectivity index is 0.652. The van der Waals surface area contributed by atoms with Crippen LogP contribution in [0.15, 0.2) is 0 Å². The summed E-state index contributed by atoms with van der Waals surface area (Å²) in [6.45, 7) is 0. The molecule has 84 heavy (non-hydrogen) atoms. The average molecular weight is 1180 g/mol. The quantitative estimate of drug-likeness (QED) is 0.181. The number of hydrogen-bond acceptors (Lipinski definition) is 19. The van der Waals surface area contributed by atoms with Gasteiger partial charge in [-0.1, -0.05) is 89.9 Å². The standard InChI is InChI=1S/C64H110N16O3S/c81-84(82,46-30-14-28-44-48(46)64-78-60-42-26-12-10-24-40(42)56(74-60)70-52-34-18-4-2-16-32(34)50(66-52)68-54-36-20-6-8-22-38(36)58(72-54)76-62(44)80-64)83-45-29-13-27-43-47(45)63-77-59-41-25-11-9-23-39(41)55(73-59)69-51-33-17-3-1-15-31(33)49(65-51)67-53-35-19-5-7-21-37(35)57(71-53)75-61(43)79-63/h31-80H,1-30H2. The molecule has 0 amide bonds. The molecule has 0 aromatic heterocycles. The van der Waals surface area contributed by atoms with Crippen LogP contribution in [0.4, 0.5) is 0 Å². The first-order chi connectivity index (χ1) is 41.3. The van der Waals surface area contributed by atoms with Gasteiger partial charge in [-0.15, -0.1) is 0 Å². The minimum Gasteiger partial charge on any atom is -0.286 e. The summed E-state index contributed by atoms with van der Waals surface area (Å²) in [5, 5.41) is 68.0. The number of rotatable bonds is 3. The van der Waals surface area contributed by atoms with Crippen LogP contribution in [-0.2, 0) is 14.3 Å². The second-order valence-electron chi connectivity index (χ2n) is 32.0. The van der Waals surface area contributed by atoms with Gasteiger partial charge in [-0.3, -0.25) is 89.3 Å². The van der Waals surface area contributed by atoms with E-state index in [0.29, 0.717) is 89.8 Å². The van der Waals surface area contributed by atoms with Gasteiger partial charge in [-0.2, -0.15) is 8.42 Å². The maximum absolute atomic E-state index is 16.1. The Morgan fingerprint density at radius 3 is 0.655 bits per heavy atom. The van der Waals surface area contributed by atoms with Crippen LogP contribution in [0.2, 0.25) is 0 Å². The van der Waals surface area contributed by atoms with Gasteiger partial charge in [0.05, 0.1) is 110 Å². The van der Waals surface area contributed by atoms with Crippen molar-refractivity contribution in [1.29, 1.82) is 0 Å². The molecule has 16 N–H and O–H groups in total. The molecule has 34 atom stereocenters. The third kappa shape index (κ3) is 9.71. The van der Waals surface area contributed by atoms with Gasteiger partial charge in [0, 0.05) is 11.8 Å². The van der Waals surface area contributed by atoms with Crippen LogP contribution in [0, 0.1) is 94.7 Å². The van der Waals surface area contributed by atoms with Gasteiger partial charge < -0.3 is 0 Å². The predicted molar refractivity (Wildman–Crippen MR) is 323 cm³/mol. The van der Waals surface area contributed by atoms with Crippen LogP contribution in [0.5, 0.6) is 0 Å². The lowest BCUT2D eigenvalue weighted by atomic mass is 9.75. The van der Waals surface area contributed by atoms with Crippen LogP contribution >= 0.6 is 0 Å². The van der Waals surface area contributed by atoms with Gasteiger partial charge in [0.15, 0.2) is 0 Å². The fraction of sp³-hybridized carbons (Fsp3) is 1.00. The van der Waals surface area contributed by atoms with Gasteiger partial charge in [-0.25, -0.2) is 0 Å². The maximum atomic E-state index is 16.1. The fourth-order valence-corrected chi connectivity index (χ4v) is 26.6. The molecule has 18 aliphatic rings. The van der Waals surface area contributed by atoms with Crippen molar-refractivity contribution in [2.24, 2.45) is 94.7 Å². The summed E-state index contributed by atoms with van der Waals surface area (Å²) in [7, 11) is -4.04. The van der Waals surface area contributed by atoms with E-state index in [0.717, 1.165) is 32.1 Å². The second-order valence-corrected chi connectivity index (χ2v) is 33.8. The summed E-state index contributed by atoms with van der Waals surface area (Å²) in [5.41, 5.74) is 0. The van der Waals surface area contributed by atoms with Crippen molar-refractivity contribution in [2.45, 2.75) is 303 Å². The lowest BCUT2D eigenvalue weighted by Crippen LogP contribution is -2.62. The van der Waals surface area contributed by atoms with E-state index in [1.165, 1.54) is 154 Å². The molecule has 10 aliphatic heterocycles. The lowest BCUT2D eigenvalue weighted by Gasteiger charge is -2.41. The molecule has 8 aliphatic carbocycles. The summed E-state index contributed by atoms with van der Waals surface area (Å²) in [6, 6.07) is 0. The largest absolute Gasteiger partial charge is 0.286 e. The first kappa shape index (κ1) is 56.1. The highest BCUT2D eigenvalue weighted by Gasteiger charge is 2.61. The van der Waals surface area contributed by atoms with Crippen molar-refractivity contribution in [3.63, 3.8) is 0 Å². The molecule has 10 heterocycles. The molecule has 470 valence electrons. The summed E-state index contributed by atoms with van der Waals surface area (Å²) >= 11 is 0. The third-order valence-corrected chi connectivity index (χ3v) is 30.1. The highest BCUT2D eigenvalue weighted by atomic mass is 32.2. The Kier molecular flexibility index (Phi) is 15.2. The van der Waals surface area contributed by atoms with Gasteiger partial charge in [0.25, 0.3) is 10.1 Å². The zero-order valence-corrected chi connectivity index (χ0v) is 51.3.